The lowest BCUT2D eigenvalue weighted by Gasteiger charge is -2.17. The van der Waals surface area contributed by atoms with E-state index in [0.717, 1.165) is 12.1 Å². The average Bonchev–Trinajstić information content (AvgIpc) is 2.52. The molecule has 2 amide bonds. The van der Waals surface area contributed by atoms with E-state index in [1.54, 1.807) is 13.8 Å². The van der Waals surface area contributed by atoms with E-state index >= 15 is 0 Å². The third-order valence-electron chi connectivity index (χ3n) is 3.15. The van der Waals surface area contributed by atoms with Crippen LogP contribution in [-0.2, 0) is 9.59 Å². The first kappa shape index (κ1) is 21.6. The minimum absolute atomic E-state index is 0.0338. The predicted molar refractivity (Wildman–Crippen MR) is 89.4 cm³/mol. The maximum Gasteiger partial charge on any atom is 0.387 e. The number of halogens is 3. The van der Waals surface area contributed by atoms with E-state index in [9.17, 15) is 23.2 Å². The van der Waals surface area contributed by atoms with E-state index in [0.29, 0.717) is 0 Å². The number of aliphatic carboxylic acids is 1. The number of carboxylic acid groups (broad SMARTS) is 1. The number of rotatable bonds is 9. The Morgan fingerprint density at radius 3 is 2.46 bits per heavy atom. The maximum atomic E-state index is 12.4. The van der Waals surface area contributed by atoms with Crippen molar-refractivity contribution in [2.75, 3.05) is 6.54 Å². The number of carboxylic acids is 1. The van der Waals surface area contributed by atoms with Gasteiger partial charge in [-0.1, -0.05) is 25.4 Å². The molecule has 0 saturated heterocycles. The minimum atomic E-state index is -3.14. The van der Waals surface area contributed by atoms with Crippen LogP contribution in [0.15, 0.2) is 18.2 Å². The Balaban J connectivity index is 2.72. The molecule has 0 spiro atoms. The van der Waals surface area contributed by atoms with E-state index in [1.807, 2.05) is 0 Å². The van der Waals surface area contributed by atoms with E-state index in [1.165, 1.54) is 6.07 Å². The Morgan fingerprint density at radius 1 is 1.27 bits per heavy atom. The SMILES string of the molecule is CC(C)C[C@H](NC(=O)CNC(=O)c1cc(Cl)ccc1OC(F)F)C(=O)O. The van der Waals surface area contributed by atoms with E-state index in [4.69, 9.17) is 16.7 Å². The molecule has 0 aliphatic rings. The van der Waals surface area contributed by atoms with Gasteiger partial charge in [0.25, 0.3) is 5.91 Å². The molecule has 0 saturated carbocycles. The Kier molecular flexibility index (Phi) is 8.24. The number of alkyl halides is 2. The zero-order chi connectivity index (χ0) is 19.9. The summed E-state index contributed by atoms with van der Waals surface area (Å²) in [6.45, 7) is -0.0824. The second-order valence-electron chi connectivity index (χ2n) is 5.79. The van der Waals surface area contributed by atoms with E-state index < -0.39 is 42.7 Å². The summed E-state index contributed by atoms with van der Waals surface area (Å²) in [5, 5.41) is 13.7. The van der Waals surface area contributed by atoms with E-state index in [2.05, 4.69) is 15.4 Å². The van der Waals surface area contributed by atoms with Gasteiger partial charge in [0, 0.05) is 5.02 Å². The summed E-state index contributed by atoms with van der Waals surface area (Å²) in [7, 11) is 0. The first-order valence-corrected chi connectivity index (χ1v) is 8.02. The highest BCUT2D eigenvalue weighted by molar-refractivity contribution is 6.31. The van der Waals surface area contributed by atoms with Crippen molar-refractivity contribution in [2.24, 2.45) is 5.92 Å². The topological polar surface area (TPSA) is 105 Å². The third-order valence-corrected chi connectivity index (χ3v) is 3.39. The van der Waals surface area contributed by atoms with Gasteiger partial charge in [0.1, 0.15) is 11.8 Å². The summed E-state index contributed by atoms with van der Waals surface area (Å²) in [6.07, 6.45) is 0.218. The van der Waals surface area contributed by atoms with Crippen LogP contribution in [0.25, 0.3) is 0 Å². The van der Waals surface area contributed by atoms with Gasteiger partial charge < -0.3 is 20.5 Å². The first-order chi connectivity index (χ1) is 12.1. The normalized spacial score (nSPS) is 12.0. The molecule has 7 nitrogen and oxygen atoms in total. The number of carbonyl (C=O) groups excluding carboxylic acids is 2. The van der Waals surface area contributed by atoms with Crippen LogP contribution in [0.4, 0.5) is 8.78 Å². The van der Waals surface area contributed by atoms with Crippen LogP contribution >= 0.6 is 11.6 Å². The summed E-state index contributed by atoms with van der Waals surface area (Å²) in [5.74, 6) is -3.16. The minimum Gasteiger partial charge on any atom is -0.480 e. The van der Waals surface area contributed by atoms with Crippen LogP contribution in [-0.4, -0.2) is 42.1 Å². The molecule has 3 N–H and O–H groups in total. The zero-order valence-corrected chi connectivity index (χ0v) is 14.8. The smallest absolute Gasteiger partial charge is 0.387 e. The van der Waals surface area contributed by atoms with Crippen LogP contribution in [0.1, 0.15) is 30.6 Å². The molecule has 1 atom stereocenters. The van der Waals surface area contributed by atoms with E-state index in [-0.39, 0.29) is 22.9 Å². The zero-order valence-electron chi connectivity index (χ0n) is 14.1. The van der Waals surface area contributed by atoms with Gasteiger partial charge in [-0.15, -0.1) is 0 Å². The highest BCUT2D eigenvalue weighted by Gasteiger charge is 2.22. The Morgan fingerprint density at radius 2 is 1.92 bits per heavy atom. The first-order valence-electron chi connectivity index (χ1n) is 7.64. The lowest BCUT2D eigenvalue weighted by Crippen LogP contribution is -2.46. The van der Waals surface area contributed by atoms with Crippen molar-refractivity contribution in [2.45, 2.75) is 32.9 Å². The van der Waals surface area contributed by atoms with Crippen molar-refractivity contribution < 1.29 is 33.0 Å². The van der Waals surface area contributed by atoms with Crippen LogP contribution in [0.5, 0.6) is 5.75 Å². The summed E-state index contributed by atoms with van der Waals surface area (Å²) in [6, 6.07) is 2.40. The molecule has 10 heteroatoms. The fourth-order valence-electron chi connectivity index (χ4n) is 2.07. The van der Waals surface area contributed by atoms with Gasteiger partial charge in [-0.3, -0.25) is 9.59 Å². The van der Waals surface area contributed by atoms with Gasteiger partial charge in [-0.05, 0) is 30.5 Å². The van der Waals surface area contributed by atoms with Crippen LogP contribution < -0.4 is 15.4 Å². The molecule has 0 bridgehead atoms. The molecule has 0 unspecified atom stereocenters. The van der Waals surface area contributed by atoms with Gasteiger partial charge in [-0.25, -0.2) is 4.79 Å². The van der Waals surface area contributed by atoms with Gasteiger partial charge in [0.05, 0.1) is 12.1 Å². The van der Waals surface area contributed by atoms with Crippen molar-refractivity contribution in [1.82, 2.24) is 10.6 Å². The standard InChI is InChI=1S/C16H19ClF2N2O5/c1-8(2)5-11(15(24)25)21-13(22)7-20-14(23)10-6-9(17)3-4-12(10)26-16(18)19/h3-4,6,8,11,16H,5,7H2,1-2H3,(H,20,23)(H,21,22)(H,24,25)/t11-/m0/s1. The number of ether oxygens (including phenoxy) is 1. The molecular weight excluding hydrogens is 374 g/mol. The molecule has 0 aliphatic heterocycles. The molecule has 1 aromatic rings. The number of benzene rings is 1. The van der Waals surface area contributed by atoms with Crippen molar-refractivity contribution in [3.05, 3.63) is 28.8 Å². The number of amides is 2. The highest BCUT2D eigenvalue weighted by atomic mass is 35.5. The monoisotopic (exact) mass is 392 g/mol. The molecule has 0 aliphatic carbocycles. The molecule has 0 aromatic heterocycles. The molecule has 144 valence electrons. The molecule has 26 heavy (non-hydrogen) atoms. The maximum absolute atomic E-state index is 12.4. The van der Waals surface area contributed by atoms with Gasteiger partial charge in [0.15, 0.2) is 0 Å². The second-order valence-corrected chi connectivity index (χ2v) is 6.23. The van der Waals surface area contributed by atoms with Crippen LogP contribution in [0.3, 0.4) is 0 Å². The quantitative estimate of drug-likeness (QED) is 0.598. The number of hydrogen-bond donors (Lipinski definition) is 3. The lowest BCUT2D eigenvalue weighted by molar-refractivity contribution is -0.142. The predicted octanol–water partition coefficient (Wildman–Crippen LogP) is 2.29. The fraction of sp³-hybridized carbons (Fsp3) is 0.438. The summed E-state index contributed by atoms with van der Waals surface area (Å²) >= 11 is 5.74. The summed E-state index contributed by atoms with van der Waals surface area (Å²) in [5.41, 5.74) is -0.275. The van der Waals surface area contributed by atoms with Crippen molar-refractivity contribution in [3.8, 4) is 5.75 Å². The van der Waals surface area contributed by atoms with Crippen molar-refractivity contribution >= 4 is 29.4 Å². The third kappa shape index (κ3) is 7.22. The number of hydrogen-bond acceptors (Lipinski definition) is 4. The van der Waals surface area contributed by atoms with Crippen molar-refractivity contribution in [1.29, 1.82) is 0 Å². The molecular formula is C16H19ClF2N2O5. The summed E-state index contributed by atoms with van der Waals surface area (Å²) in [4.78, 5) is 35.1. The lowest BCUT2D eigenvalue weighted by atomic mass is 10.0. The van der Waals surface area contributed by atoms with Crippen molar-refractivity contribution in [3.63, 3.8) is 0 Å². The molecule has 0 radical (unpaired) electrons. The Labute approximate surface area is 153 Å². The highest BCUT2D eigenvalue weighted by Crippen LogP contribution is 2.24. The number of carbonyl (C=O) groups is 3. The van der Waals surface area contributed by atoms with Crippen LogP contribution in [0, 0.1) is 5.92 Å². The van der Waals surface area contributed by atoms with Crippen LogP contribution in [0.2, 0.25) is 5.02 Å². The largest absolute Gasteiger partial charge is 0.480 e. The summed E-state index contributed by atoms with van der Waals surface area (Å²) < 4.78 is 29.0. The molecule has 0 heterocycles. The molecule has 0 fully saturated rings. The molecule has 1 rings (SSSR count). The molecule has 1 aromatic carbocycles. The van der Waals surface area contributed by atoms with Gasteiger partial charge in [0.2, 0.25) is 5.91 Å². The Hall–Kier alpha value is -2.42. The van der Waals surface area contributed by atoms with Gasteiger partial charge in [-0.2, -0.15) is 8.78 Å². The number of nitrogens with one attached hydrogen (secondary N) is 2. The second kappa shape index (κ2) is 9.91. The fourth-order valence-corrected chi connectivity index (χ4v) is 2.24. The van der Waals surface area contributed by atoms with Gasteiger partial charge >= 0.3 is 12.6 Å². The Bertz CT molecular complexity index is 670. The average molecular weight is 393 g/mol.